The lowest BCUT2D eigenvalue weighted by molar-refractivity contribution is -0.143. The Kier molecular flexibility index (Phi) is 11.2. The summed E-state index contributed by atoms with van der Waals surface area (Å²) in [6.07, 6.45) is -9.41. The van der Waals surface area contributed by atoms with Crippen LogP contribution in [0.1, 0.15) is 51.0 Å². The second-order valence-corrected chi connectivity index (χ2v) is 12.2. The molecule has 0 aromatic heterocycles. The van der Waals surface area contributed by atoms with Crippen LogP contribution in [0.5, 0.6) is 11.5 Å². The van der Waals surface area contributed by atoms with Crippen molar-refractivity contribution in [1.82, 2.24) is 0 Å². The maximum atomic E-state index is 13.7. The van der Waals surface area contributed by atoms with Gasteiger partial charge < -0.3 is 29.9 Å². The van der Waals surface area contributed by atoms with Crippen molar-refractivity contribution in [3.8, 4) is 11.5 Å². The van der Waals surface area contributed by atoms with Crippen molar-refractivity contribution in [2.75, 3.05) is 16.8 Å². The van der Waals surface area contributed by atoms with Gasteiger partial charge in [-0.25, -0.2) is 4.79 Å². The second-order valence-electron chi connectivity index (χ2n) is 11.7. The number of rotatable bonds is 12. The molecule has 1 amide bonds. The molecule has 0 aliphatic carbocycles. The maximum Gasteiger partial charge on any atom is 0.416 e. The number of ether oxygens (including phenoxy) is 2. The van der Waals surface area contributed by atoms with Crippen molar-refractivity contribution in [2.24, 2.45) is 0 Å². The molecule has 1 heterocycles. The molecule has 4 aromatic rings. The van der Waals surface area contributed by atoms with Crippen LogP contribution in [-0.2, 0) is 36.8 Å². The Hall–Kier alpha value is -5.15. The summed E-state index contributed by atoms with van der Waals surface area (Å²) in [7, 11) is 0. The molecule has 1 aliphatic rings. The van der Waals surface area contributed by atoms with E-state index in [1.54, 1.807) is 18.2 Å². The summed E-state index contributed by atoms with van der Waals surface area (Å²) in [5.74, 6) is -2.18. The average molecular weight is 733 g/mol. The SMILES string of the molecule is O=C(O)c1cc(CO)cc(NC(=S)CCC2Cc3cc(OCc4ccccc4)ccc3N2C(=O)COc2cc(C(F)(F)F)cc(C(F)(F)F)c2)c1. The number of thiocarbonyl (C=S) groups is 1. The number of anilines is 2. The summed E-state index contributed by atoms with van der Waals surface area (Å²) in [4.78, 5) is 26.8. The van der Waals surface area contributed by atoms with Crippen LogP contribution in [0.25, 0.3) is 0 Å². The minimum absolute atomic E-state index is 0.0294. The van der Waals surface area contributed by atoms with Crippen molar-refractivity contribution < 1.29 is 55.6 Å². The second kappa shape index (κ2) is 15.4. The Bertz CT molecular complexity index is 1890. The van der Waals surface area contributed by atoms with Gasteiger partial charge in [0.15, 0.2) is 6.61 Å². The van der Waals surface area contributed by atoms with Crippen molar-refractivity contribution in [1.29, 1.82) is 0 Å². The number of amides is 1. The van der Waals surface area contributed by atoms with Gasteiger partial charge in [-0.1, -0.05) is 42.5 Å². The fraction of sp³-hybridized carbons (Fsp3) is 0.250. The molecule has 5 rings (SSSR count). The van der Waals surface area contributed by atoms with Gasteiger partial charge >= 0.3 is 18.3 Å². The molecule has 3 N–H and O–H groups in total. The Labute approximate surface area is 293 Å². The number of carboxylic acid groups (broad SMARTS) is 1. The zero-order valence-electron chi connectivity index (χ0n) is 26.6. The van der Waals surface area contributed by atoms with Gasteiger partial charge in [0.05, 0.1) is 28.3 Å². The van der Waals surface area contributed by atoms with E-state index >= 15 is 0 Å². The summed E-state index contributed by atoms with van der Waals surface area (Å²) in [5, 5.41) is 21.9. The van der Waals surface area contributed by atoms with Crippen molar-refractivity contribution in [3.05, 3.63) is 118 Å². The minimum Gasteiger partial charge on any atom is -0.489 e. The molecule has 0 fully saturated rings. The topological polar surface area (TPSA) is 108 Å². The molecule has 0 bridgehead atoms. The zero-order valence-corrected chi connectivity index (χ0v) is 27.4. The molecule has 4 aromatic carbocycles. The Morgan fingerprint density at radius 2 is 1.53 bits per heavy atom. The van der Waals surface area contributed by atoms with Crippen LogP contribution in [0.4, 0.5) is 37.7 Å². The smallest absolute Gasteiger partial charge is 0.416 e. The van der Waals surface area contributed by atoms with Gasteiger partial charge in [-0.15, -0.1) is 0 Å². The highest BCUT2D eigenvalue weighted by atomic mass is 32.1. The molecule has 0 spiro atoms. The highest BCUT2D eigenvalue weighted by Gasteiger charge is 2.38. The maximum absolute atomic E-state index is 13.7. The number of carbonyl (C=O) groups is 2. The first kappa shape index (κ1) is 37.1. The van der Waals surface area contributed by atoms with E-state index < -0.39 is 60.4 Å². The Balaban J connectivity index is 1.35. The third kappa shape index (κ3) is 9.55. The van der Waals surface area contributed by atoms with Crippen LogP contribution in [-0.4, -0.2) is 39.7 Å². The van der Waals surface area contributed by atoms with Gasteiger partial charge in [-0.2, -0.15) is 26.3 Å². The van der Waals surface area contributed by atoms with E-state index in [-0.39, 0.29) is 36.1 Å². The van der Waals surface area contributed by atoms with Crippen LogP contribution >= 0.6 is 12.2 Å². The molecule has 1 aliphatic heterocycles. The first-order valence-electron chi connectivity index (χ1n) is 15.4. The van der Waals surface area contributed by atoms with Crippen LogP contribution in [0, 0.1) is 0 Å². The molecular formula is C36H30F6N2O6S. The molecule has 51 heavy (non-hydrogen) atoms. The molecule has 1 unspecified atom stereocenters. The van der Waals surface area contributed by atoms with Crippen molar-refractivity contribution in [2.45, 2.75) is 50.9 Å². The predicted molar refractivity (Wildman–Crippen MR) is 179 cm³/mol. The summed E-state index contributed by atoms with van der Waals surface area (Å²) in [6, 6.07) is 18.9. The number of aliphatic hydroxyl groups excluding tert-OH is 1. The normalized spacial score (nSPS) is 14.2. The summed E-state index contributed by atoms with van der Waals surface area (Å²) < 4.78 is 91.6. The first-order valence-corrected chi connectivity index (χ1v) is 15.8. The predicted octanol–water partition coefficient (Wildman–Crippen LogP) is 8.05. The quantitative estimate of drug-likeness (QED) is 0.0993. The number of carbonyl (C=O) groups excluding carboxylic acids is 1. The van der Waals surface area contributed by atoms with E-state index in [2.05, 4.69) is 5.32 Å². The number of aliphatic hydroxyl groups is 1. The number of aromatic carboxylic acids is 1. The standard InChI is InChI=1S/C36H30F6N2O6S/c37-35(38,39)25-15-26(36(40,41)42)17-30(16-25)50-20-33(46)44-28(6-9-32(51)43-27-11-22(18-45)10-24(12-27)34(47)48)13-23-14-29(7-8-31(23)44)49-19-21-4-2-1-3-5-21/h1-5,7-8,10-12,14-17,28,45H,6,9,13,18-20H2,(H,43,51)(H,47,48). The fourth-order valence-corrected chi connectivity index (χ4v) is 5.86. The summed E-state index contributed by atoms with van der Waals surface area (Å²) in [6.45, 7) is -0.996. The highest BCUT2D eigenvalue weighted by Crippen LogP contribution is 2.39. The van der Waals surface area contributed by atoms with Crippen LogP contribution in [0.15, 0.2) is 84.9 Å². The highest BCUT2D eigenvalue weighted by molar-refractivity contribution is 7.80. The van der Waals surface area contributed by atoms with Gasteiger partial charge in [-0.3, -0.25) is 4.79 Å². The lowest BCUT2D eigenvalue weighted by Gasteiger charge is -2.26. The van der Waals surface area contributed by atoms with Gasteiger partial charge in [0, 0.05) is 23.8 Å². The van der Waals surface area contributed by atoms with Crippen LogP contribution in [0.2, 0.25) is 0 Å². The summed E-state index contributed by atoms with van der Waals surface area (Å²) in [5.41, 5.74) is -0.450. The number of hydrogen-bond acceptors (Lipinski definition) is 6. The molecule has 15 heteroatoms. The number of alkyl halides is 6. The van der Waals surface area contributed by atoms with E-state index in [0.29, 0.717) is 46.8 Å². The number of carboxylic acids is 1. The zero-order chi connectivity index (χ0) is 36.9. The van der Waals surface area contributed by atoms with Gasteiger partial charge in [0.25, 0.3) is 5.91 Å². The van der Waals surface area contributed by atoms with E-state index in [1.807, 2.05) is 30.3 Å². The van der Waals surface area contributed by atoms with E-state index in [4.69, 9.17) is 21.7 Å². The average Bonchev–Trinajstić information content (AvgIpc) is 3.46. The van der Waals surface area contributed by atoms with Gasteiger partial charge in [0.2, 0.25) is 0 Å². The molecule has 8 nitrogen and oxygen atoms in total. The monoisotopic (exact) mass is 732 g/mol. The third-order valence-electron chi connectivity index (χ3n) is 7.98. The molecule has 0 saturated heterocycles. The molecule has 268 valence electrons. The number of halogens is 6. The first-order chi connectivity index (χ1) is 24.1. The van der Waals surface area contributed by atoms with E-state index in [1.165, 1.54) is 23.1 Å². The fourth-order valence-electron chi connectivity index (χ4n) is 5.63. The Morgan fingerprint density at radius 3 is 2.16 bits per heavy atom. The molecule has 0 radical (unpaired) electrons. The number of benzene rings is 4. The lowest BCUT2D eigenvalue weighted by Crippen LogP contribution is -2.41. The Morgan fingerprint density at radius 1 is 0.843 bits per heavy atom. The number of nitrogens with one attached hydrogen (secondary N) is 1. The van der Waals surface area contributed by atoms with Crippen LogP contribution in [0.3, 0.4) is 0 Å². The molecule has 0 saturated carbocycles. The van der Waals surface area contributed by atoms with Crippen LogP contribution < -0.4 is 19.7 Å². The van der Waals surface area contributed by atoms with Gasteiger partial charge in [0.1, 0.15) is 18.1 Å². The molecular weight excluding hydrogens is 702 g/mol. The number of hydrogen-bond donors (Lipinski definition) is 3. The van der Waals surface area contributed by atoms with E-state index in [0.717, 1.165) is 5.56 Å². The van der Waals surface area contributed by atoms with Gasteiger partial charge in [-0.05, 0) is 84.1 Å². The lowest BCUT2D eigenvalue weighted by atomic mass is 10.1. The molecule has 1 atom stereocenters. The number of fused-ring (bicyclic) bond motifs is 1. The van der Waals surface area contributed by atoms with E-state index in [9.17, 15) is 46.1 Å². The summed E-state index contributed by atoms with van der Waals surface area (Å²) >= 11 is 5.50. The third-order valence-corrected chi connectivity index (χ3v) is 8.29. The largest absolute Gasteiger partial charge is 0.489 e. The minimum atomic E-state index is -5.09. The number of nitrogens with zero attached hydrogens (tertiary/aromatic N) is 1. The van der Waals surface area contributed by atoms with Crippen molar-refractivity contribution >= 4 is 40.5 Å². The van der Waals surface area contributed by atoms with Crippen molar-refractivity contribution in [3.63, 3.8) is 0 Å².